The van der Waals surface area contributed by atoms with Gasteiger partial charge in [0.15, 0.2) is 0 Å². The molecule has 0 bridgehead atoms. The molecule has 0 saturated heterocycles. The lowest BCUT2D eigenvalue weighted by Crippen LogP contribution is -2.15. The fourth-order valence-electron chi connectivity index (χ4n) is 2.18. The second-order valence-corrected chi connectivity index (χ2v) is 4.09. The summed E-state index contributed by atoms with van der Waals surface area (Å²) in [5, 5.41) is 0. The van der Waals surface area contributed by atoms with Gasteiger partial charge < -0.3 is 4.98 Å². The first-order valence-electron chi connectivity index (χ1n) is 5.39. The van der Waals surface area contributed by atoms with Gasteiger partial charge in [-0.05, 0) is 5.92 Å². The summed E-state index contributed by atoms with van der Waals surface area (Å²) in [5.41, 5.74) is -0.0363. The van der Waals surface area contributed by atoms with Crippen LogP contribution in [-0.2, 0) is 6.42 Å². The lowest BCUT2D eigenvalue weighted by atomic mass is 9.87. The summed E-state index contributed by atoms with van der Waals surface area (Å²) in [7, 11) is 0. The third-order valence-electron chi connectivity index (χ3n) is 2.93. The molecule has 0 radical (unpaired) electrons. The molecule has 3 nitrogen and oxygen atoms in total. The van der Waals surface area contributed by atoms with Gasteiger partial charge in [-0.3, -0.25) is 4.79 Å². The van der Waals surface area contributed by atoms with Crippen LogP contribution in [-0.4, -0.2) is 9.97 Å². The smallest absolute Gasteiger partial charge is 0.250 e. The summed E-state index contributed by atoms with van der Waals surface area (Å²) in [5.74, 6) is 1.58. The summed E-state index contributed by atoms with van der Waals surface area (Å²) in [6.45, 7) is 0. The second kappa shape index (κ2) is 4.40. The predicted molar refractivity (Wildman–Crippen MR) is 55.1 cm³/mol. The van der Waals surface area contributed by atoms with Crippen LogP contribution in [0.15, 0.2) is 17.1 Å². The monoisotopic (exact) mass is 192 g/mol. The first-order valence-corrected chi connectivity index (χ1v) is 5.39. The molecule has 14 heavy (non-hydrogen) atoms. The van der Waals surface area contributed by atoms with Crippen molar-refractivity contribution in [3.8, 4) is 0 Å². The number of aromatic nitrogens is 2. The lowest BCUT2D eigenvalue weighted by molar-refractivity contribution is 0.351. The Hall–Kier alpha value is -1.12. The highest BCUT2D eigenvalue weighted by atomic mass is 16.1. The van der Waals surface area contributed by atoms with Gasteiger partial charge in [-0.25, -0.2) is 4.98 Å². The quantitative estimate of drug-likeness (QED) is 0.777. The lowest BCUT2D eigenvalue weighted by Gasteiger charge is -2.20. The molecule has 1 aliphatic carbocycles. The normalized spacial score (nSPS) is 18.3. The van der Waals surface area contributed by atoms with Crippen LogP contribution in [0.1, 0.15) is 37.9 Å². The van der Waals surface area contributed by atoms with E-state index in [1.807, 2.05) is 0 Å². The molecule has 1 saturated carbocycles. The molecule has 1 N–H and O–H groups in total. The summed E-state index contributed by atoms with van der Waals surface area (Å²) in [6, 6.07) is 1.46. The minimum absolute atomic E-state index is 0.0363. The van der Waals surface area contributed by atoms with Gasteiger partial charge in [0.25, 0.3) is 5.56 Å². The third kappa shape index (κ3) is 2.44. The van der Waals surface area contributed by atoms with Crippen molar-refractivity contribution in [2.24, 2.45) is 5.92 Å². The van der Waals surface area contributed by atoms with Gasteiger partial charge in [-0.15, -0.1) is 0 Å². The van der Waals surface area contributed by atoms with Crippen LogP contribution in [0, 0.1) is 5.92 Å². The summed E-state index contributed by atoms with van der Waals surface area (Å²) >= 11 is 0. The minimum Gasteiger partial charge on any atom is -0.311 e. The molecule has 1 aromatic rings. The molecule has 0 unspecified atom stereocenters. The van der Waals surface area contributed by atoms with Crippen molar-refractivity contribution in [2.75, 3.05) is 0 Å². The molecule has 2 rings (SSSR count). The van der Waals surface area contributed by atoms with Gasteiger partial charge in [-0.2, -0.15) is 0 Å². The number of rotatable bonds is 2. The molecule has 1 fully saturated rings. The Bertz CT molecular complexity index is 339. The molecule has 0 atom stereocenters. The molecule has 0 spiro atoms. The van der Waals surface area contributed by atoms with Crippen molar-refractivity contribution < 1.29 is 0 Å². The zero-order valence-electron chi connectivity index (χ0n) is 8.33. The van der Waals surface area contributed by atoms with Crippen LogP contribution >= 0.6 is 0 Å². The van der Waals surface area contributed by atoms with Crippen molar-refractivity contribution in [1.29, 1.82) is 0 Å². The molecule has 0 aromatic carbocycles. The van der Waals surface area contributed by atoms with E-state index in [0.717, 1.165) is 18.2 Å². The van der Waals surface area contributed by atoms with Crippen molar-refractivity contribution in [3.05, 3.63) is 28.4 Å². The Labute approximate surface area is 83.6 Å². The van der Waals surface area contributed by atoms with Crippen LogP contribution in [0.25, 0.3) is 0 Å². The van der Waals surface area contributed by atoms with Gasteiger partial charge in [-0.1, -0.05) is 32.1 Å². The molecule has 0 amide bonds. The molecule has 1 heterocycles. The maximum Gasteiger partial charge on any atom is 0.250 e. The van der Waals surface area contributed by atoms with Gasteiger partial charge in [0.1, 0.15) is 5.82 Å². The van der Waals surface area contributed by atoms with Crippen LogP contribution in [0.2, 0.25) is 0 Å². The van der Waals surface area contributed by atoms with Crippen LogP contribution in [0.5, 0.6) is 0 Å². The van der Waals surface area contributed by atoms with Crippen LogP contribution < -0.4 is 5.56 Å². The molecule has 0 aliphatic heterocycles. The van der Waals surface area contributed by atoms with E-state index in [1.165, 1.54) is 38.2 Å². The van der Waals surface area contributed by atoms with E-state index in [-0.39, 0.29) is 5.56 Å². The van der Waals surface area contributed by atoms with E-state index < -0.39 is 0 Å². The largest absolute Gasteiger partial charge is 0.311 e. The van der Waals surface area contributed by atoms with Gasteiger partial charge in [0, 0.05) is 18.7 Å². The number of H-pyrrole nitrogens is 1. The number of nitrogens with one attached hydrogen (secondary N) is 1. The first-order chi connectivity index (χ1) is 6.84. The molecule has 1 aromatic heterocycles. The van der Waals surface area contributed by atoms with E-state index in [0.29, 0.717) is 0 Å². The highest BCUT2D eigenvalue weighted by Gasteiger charge is 2.14. The standard InChI is InChI=1S/C11H16N2O/c14-11-6-7-12-10(13-11)8-9-4-2-1-3-5-9/h6-7,9H,1-5,8H2,(H,12,13,14). The number of hydrogen-bond acceptors (Lipinski definition) is 2. The molecular formula is C11H16N2O. The summed E-state index contributed by atoms with van der Waals surface area (Å²) in [6.07, 6.45) is 9.16. The number of hydrogen-bond donors (Lipinski definition) is 1. The van der Waals surface area contributed by atoms with Crippen molar-refractivity contribution >= 4 is 0 Å². The number of aromatic amines is 1. The fraction of sp³-hybridized carbons (Fsp3) is 0.636. The zero-order chi connectivity index (χ0) is 9.80. The van der Waals surface area contributed by atoms with E-state index in [4.69, 9.17) is 0 Å². The highest BCUT2D eigenvalue weighted by Crippen LogP contribution is 2.25. The average Bonchev–Trinajstić information content (AvgIpc) is 2.19. The van der Waals surface area contributed by atoms with E-state index in [1.54, 1.807) is 6.20 Å². The Kier molecular flexibility index (Phi) is 2.96. The van der Waals surface area contributed by atoms with Crippen molar-refractivity contribution in [2.45, 2.75) is 38.5 Å². The van der Waals surface area contributed by atoms with E-state index >= 15 is 0 Å². The SMILES string of the molecule is O=c1ccnc(CC2CCCCC2)[nH]1. The molecular weight excluding hydrogens is 176 g/mol. The highest BCUT2D eigenvalue weighted by molar-refractivity contribution is 4.91. The topological polar surface area (TPSA) is 45.8 Å². The van der Waals surface area contributed by atoms with Gasteiger partial charge in [0.05, 0.1) is 0 Å². The van der Waals surface area contributed by atoms with E-state index in [2.05, 4.69) is 9.97 Å². The first kappa shape index (κ1) is 9.44. The van der Waals surface area contributed by atoms with Crippen LogP contribution in [0.4, 0.5) is 0 Å². The average molecular weight is 192 g/mol. The number of nitrogens with zero attached hydrogens (tertiary/aromatic N) is 1. The second-order valence-electron chi connectivity index (χ2n) is 4.09. The molecule has 3 heteroatoms. The van der Waals surface area contributed by atoms with Gasteiger partial charge >= 0.3 is 0 Å². The minimum atomic E-state index is -0.0363. The molecule has 76 valence electrons. The Morgan fingerprint density at radius 1 is 1.36 bits per heavy atom. The zero-order valence-corrected chi connectivity index (χ0v) is 8.33. The third-order valence-corrected chi connectivity index (χ3v) is 2.93. The summed E-state index contributed by atoms with van der Waals surface area (Å²) < 4.78 is 0. The van der Waals surface area contributed by atoms with E-state index in [9.17, 15) is 4.79 Å². The van der Waals surface area contributed by atoms with Crippen molar-refractivity contribution in [1.82, 2.24) is 9.97 Å². The Balaban J connectivity index is 1.99. The van der Waals surface area contributed by atoms with Gasteiger partial charge in [0.2, 0.25) is 0 Å². The maximum absolute atomic E-state index is 11.0. The Morgan fingerprint density at radius 3 is 2.86 bits per heavy atom. The maximum atomic E-state index is 11.0. The summed E-state index contributed by atoms with van der Waals surface area (Å²) in [4.78, 5) is 18.0. The predicted octanol–water partition coefficient (Wildman–Crippen LogP) is 1.89. The molecule has 1 aliphatic rings. The van der Waals surface area contributed by atoms with Crippen molar-refractivity contribution in [3.63, 3.8) is 0 Å². The Morgan fingerprint density at radius 2 is 2.14 bits per heavy atom. The fourth-order valence-corrected chi connectivity index (χ4v) is 2.18. The van der Waals surface area contributed by atoms with Crippen LogP contribution in [0.3, 0.4) is 0 Å².